The molecule has 0 radical (unpaired) electrons. The Bertz CT molecular complexity index is 1120. The molecular formula is C26H32N6O2. The van der Waals surface area contributed by atoms with Gasteiger partial charge in [-0.05, 0) is 30.5 Å². The summed E-state index contributed by atoms with van der Waals surface area (Å²) in [7, 11) is 1.71. The smallest absolute Gasteiger partial charge is 0.325 e. The highest BCUT2D eigenvalue weighted by atomic mass is 16.2. The Labute approximate surface area is 200 Å². The van der Waals surface area contributed by atoms with Gasteiger partial charge in [-0.3, -0.25) is 15.0 Å². The van der Waals surface area contributed by atoms with Gasteiger partial charge in [-0.25, -0.2) is 9.79 Å². The highest BCUT2D eigenvalue weighted by molar-refractivity contribution is 6.03. The molecule has 2 aromatic rings. The maximum Gasteiger partial charge on any atom is 0.325 e. The van der Waals surface area contributed by atoms with E-state index in [0.717, 1.165) is 44.2 Å². The van der Waals surface area contributed by atoms with Gasteiger partial charge in [-0.2, -0.15) is 0 Å². The molecule has 5 rings (SSSR count). The van der Waals surface area contributed by atoms with E-state index in [1.165, 1.54) is 21.6 Å². The molecule has 3 aliphatic heterocycles. The quantitative estimate of drug-likeness (QED) is 0.757. The van der Waals surface area contributed by atoms with Gasteiger partial charge in [-0.15, -0.1) is 0 Å². The molecule has 3 heterocycles. The minimum Gasteiger partial charge on any atom is -0.340 e. The Morgan fingerprint density at radius 2 is 1.74 bits per heavy atom. The molecule has 3 aliphatic rings. The van der Waals surface area contributed by atoms with Crippen molar-refractivity contribution < 1.29 is 9.59 Å². The topological polar surface area (TPSA) is 71.5 Å². The number of fused-ring (bicyclic) bond motifs is 1. The van der Waals surface area contributed by atoms with Gasteiger partial charge in [0.05, 0.1) is 0 Å². The molecule has 0 aliphatic carbocycles. The molecule has 8 nitrogen and oxygen atoms in total. The summed E-state index contributed by atoms with van der Waals surface area (Å²) in [4.78, 5) is 38.5. The average molecular weight is 461 g/mol. The standard InChI is InChI=1S/C26H32N6O2/c1-18-7-6-9-20(15-18)16-30-11-13-31(14-12-30)25-27-23-22(24(33)28-26(34)29(23)3)32(25)17-21-10-5-4-8-19(21)2/h4-10,15,22-23H,11-14,16-17H2,1-3H3,(H,28,33,34). The Morgan fingerprint density at radius 3 is 2.47 bits per heavy atom. The van der Waals surface area contributed by atoms with Crippen LogP contribution in [-0.4, -0.2) is 82.9 Å². The van der Waals surface area contributed by atoms with Crippen LogP contribution in [0.25, 0.3) is 0 Å². The molecular weight excluding hydrogens is 428 g/mol. The first-order valence-corrected chi connectivity index (χ1v) is 11.9. The number of aryl methyl sites for hydroxylation is 2. The Morgan fingerprint density at radius 1 is 0.971 bits per heavy atom. The van der Waals surface area contributed by atoms with Crippen LogP contribution in [0.15, 0.2) is 53.5 Å². The molecule has 2 fully saturated rings. The first kappa shape index (κ1) is 22.4. The summed E-state index contributed by atoms with van der Waals surface area (Å²) in [5, 5.41) is 2.50. The van der Waals surface area contributed by atoms with E-state index in [1.54, 1.807) is 7.05 Å². The summed E-state index contributed by atoms with van der Waals surface area (Å²) < 4.78 is 0. The van der Waals surface area contributed by atoms with Crippen molar-refractivity contribution in [2.45, 2.75) is 39.1 Å². The number of nitrogens with one attached hydrogen (secondary N) is 1. The van der Waals surface area contributed by atoms with E-state index in [2.05, 4.69) is 70.3 Å². The molecule has 2 aromatic carbocycles. The number of guanidine groups is 1. The van der Waals surface area contributed by atoms with Crippen LogP contribution < -0.4 is 5.32 Å². The molecule has 2 saturated heterocycles. The fourth-order valence-electron chi connectivity index (χ4n) is 5.09. The zero-order valence-corrected chi connectivity index (χ0v) is 20.1. The summed E-state index contributed by atoms with van der Waals surface area (Å²) in [5.74, 6) is 0.531. The largest absolute Gasteiger partial charge is 0.340 e. The van der Waals surface area contributed by atoms with E-state index in [-0.39, 0.29) is 5.91 Å². The van der Waals surface area contributed by atoms with Gasteiger partial charge in [-0.1, -0.05) is 54.1 Å². The van der Waals surface area contributed by atoms with Crippen molar-refractivity contribution in [1.82, 2.24) is 24.9 Å². The lowest BCUT2D eigenvalue weighted by Crippen LogP contribution is -2.64. The predicted molar refractivity (Wildman–Crippen MR) is 131 cm³/mol. The Balaban J connectivity index is 1.35. The van der Waals surface area contributed by atoms with Gasteiger partial charge < -0.3 is 14.7 Å². The number of hydrogen-bond acceptors (Lipinski definition) is 6. The number of piperazine rings is 1. The summed E-state index contributed by atoms with van der Waals surface area (Å²) in [6.07, 6.45) is -0.509. The highest BCUT2D eigenvalue weighted by Gasteiger charge is 2.49. The van der Waals surface area contributed by atoms with Crippen LogP contribution in [-0.2, 0) is 17.9 Å². The molecule has 2 unspecified atom stereocenters. The fourth-order valence-corrected chi connectivity index (χ4v) is 5.09. The summed E-state index contributed by atoms with van der Waals surface area (Å²) in [5.41, 5.74) is 4.94. The maximum atomic E-state index is 12.9. The number of imide groups is 1. The third-order valence-corrected chi connectivity index (χ3v) is 7.08. The first-order valence-electron chi connectivity index (χ1n) is 11.9. The number of benzene rings is 2. The van der Waals surface area contributed by atoms with E-state index in [9.17, 15) is 9.59 Å². The Kier molecular flexibility index (Phi) is 6.00. The second-order valence-electron chi connectivity index (χ2n) is 9.50. The molecule has 34 heavy (non-hydrogen) atoms. The third-order valence-electron chi connectivity index (χ3n) is 7.08. The lowest BCUT2D eigenvalue weighted by atomic mass is 10.1. The molecule has 0 bridgehead atoms. The molecule has 0 saturated carbocycles. The van der Waals surface area contributed by atoms with Gasteiger partial charge in [0.15, 0.2) is 18.2 Å². The molecule has 2 atom stereocenters. The molecule has 178 valence electrons. The molecule has 8 heteroatoms. The number of carbonyl (C=O) groups excluding carboxylic acids is 2. The monoisotopic (exact) mass is 460 g/mol. The van der Waals surface area contributed by atoms with Crippen molar-refractivity contribution in [1.29, 1.82) is 0 Å². The molecule has 0 aromatic heterocycles. The zero-order chi connectivity index (χ0) is 23.8. The number of likely N-dealkylation sites (N-methyl/N-ethyl adjacent to an activating group) is 1. The second-order valence-corrected chi connectivity index (χ2v) is 9.50. The van der Waals surface area contributed by atoms with Crippen LogP contribution in [0, 0.1) is 13.8 Å². The summed E-state index contributed by atoms with van der Waals surface area (Å²) in [6, 6.07) is 16.0. The molecule has 0 spiro atoms. The number of nitrogens with zero attached hydrogens (tertiary/aromatic N) is 5. The lowest BCUT2D eigenvalue weighted by molar-refractivity contribution is -0.127. The SMILES string of the molecule is Cc1cccc(CN2CCN(C3=NC4C(C(=O)NC(=O)N4C)N3Cc3ccccc3C)CC2)c1. The predicted octanol–water partition coefficient (Wildman–Crippen LogP) is 2.17. The minimum atomic E-state index is -0.525. The van der Waals surface area contributed by atoms with Crippen LogP contribution in [0.4, 0.5) is 4.79 Å². The van der Waals surface area contributed by atoms with E-state index in [0.29, 0.717) is 6.54 Å². The van der Waals surface area contributed by atoms with Crippen molar-refractivity contribution in [2.75, 3.05) is 33.2 Å². The normalized spacial score (nSPS) is 23.1. The fraction of sp³-hybridized carbons (Fsp3) is 0.423. The number of rotatable bonds is 4. The van der Waals surface area contributed by atoms with Gasteiger partial charge >= 0.3 is 6.03 Å². The number of carbonyl (C=O) groups is 2. The van der Waals surface area contributed by atoms with Gasteiger partial charge in [0.1, 0.15) is 0 Å². The number of hydrogen-bond donors (Lipinski definition) is 1. The average Bonchev–Trinajstić information content (AvgIpc) is 3.19. The van der Waals surface area contributed by atoms with Crippen LogP contribution in [0.5, 0.6) is 0 Å². The first-order chi connectivity index (χ1) is 16.4. The van der Waals surface area contributed by atoms with Gasteiger partial charge in [0.2, 0.25) is 0 Å². The van der Waals surface area contributed by atoms with E-state index < -0.39 is 18.2 Å². The maximum absolute atomic E-state index is 12.9. The van der Waals surface area contributed by atoms with Crippen LogP contribution in [0.3, 0.4) is 0 Å². The van der Waals surface area contributed by atoms with Crippen molar-refractivity contribution in [3.05, 3.63) is 70.8 Å². The van der Waals surface area contributed by atoms with E-state index in [4.69, 9.17) is 4.99 Å². The van der Waals surface area contributed by atoms with Crippen LogP contribution >= 0.6 is 0 Å². The third kappa shape index (κ3) is 4.25. The molecule has 1 N–H and O–H groups in total. The van der Waals surface area contributed by atoms with Crippen molar-refractivity contribution in [3.8, 4) is 0 Å². The van der Waals surface area contributed by atoms with E-state index in [1.807, 2.05) is 12.1 Å². The molecule has 3 amide bonds. The van der Waals surface area contributed by atoms with Gasteiger partial charge in [0, 0.05) is 46.3 Å². The summed E-state index contributed by atoms with van der Waals surface area (Å²) in [6.45, 7) is 9.20. The Hall–Kier alpha value is -3.39. The van der Waals surface area contributed by atoms with Crippen molar-refractivity contribution >= 4 is 17.9 Å². The second kappa shape index (κ2) is 9.10. The number of aliphatic imine (C=N–C) groups is 1. The van der Waals surface area contributed by atoms with Crippen LogP contribution in [0.1, 0.15) is 22.3 Å². The highest BCUT2D eigenvalue weighted by Crippen LogP contribution is 2.28. The number of amides is 3. The minimum absolute atomic E-state index is 0.279. The lowest BCUT2D eigenvalue weighted by Gasteiger charge is -2.40. The van der Waals surface area contributed by atoms with Crippen molar-refractivity contribution in [3.63, 3.8) is 0 Å². The van der Waals surface area contributed by atoms with Crippen LogP contribution in [0.2, 0.25) is 0 Å². The summed E-state index contributed by atoms with van der Waals surface area (Å²) >= 11 is 0. The van der Waals surface area contributed by atoms with Crippen molar-refractivity contribution in [2.24, 2.45) is 4.99 Å². The zero-order valence-electron chi connectivity index (χ0n) is 20.1. The van der Waals surface area contributed by atoms with Gasteiger partial charge in [0.25, 0.3) is 5.91 Å². The number of urea groups is 1. The van der Waals surface area contributed by atoms with E-state index >= 15 is 0 Å².